The van der Waals surface area contributed by atoms with Gasteiger partial charge in [-0.2, -0.15) is 18.3 Å². The highest BCUT2D eigenvalue weighted by Gasteiger charge is 2.31. The van der Waals surface area contributed by atoms with Crippen molar-refractivity contribution in [1.29, 1.82) is 0 Å². The van der Waals surface area contributed by atoms with E-state index in [2.05, 4.69) is 15.2 Å². The second-order valence-electron chi connectivity index (χ2n) is 5.83. The first-order valence-corrected chi connectivity index (χ1v) is 7.97. The number of halogens is 4. The number of nitrogens with zero attached hydrogens (tertiary/aromatic N) is 4. The van der Waals surface area contributed by atoms with Gasteiger partial charge in [0, 0.05) is 22.7 Å². The van der Waals surface area contributed by atoms with Gasteiger partial charge >= 0.3 is 6.18 Å². The molecule has 2 aromatic heterocycles. The topological polar surface area (TPSA) is 59.6 Å². The summed E-state index contributed by atoms with van der Waals surface area (Å²) in [5, 5.41) is 8.36. The summed E-state index contributed by atoms with van der Waals surface area (Å²) in [6.45, 7) is -1.22. The van der Waals surface area contributed by atoms with Gasteiger partial charge in [-0.25, -0.2) is 4.98 Å². The molecule has 0 atom stereocenters. The van der Waals surface area contributed by atoms with Crippen LogP contribution in [0.15, 0.2) is 51.6 Å². The molecule has 0 radical (unpaired) electrons. The average molecular weight is 379 g/mol. The maximum Gasteiger partial charge on any atom is 0.406 e. The molecule has 0 amide bonds. The van der Waals surface area contributed by atoms with E-state index in [-0.39, 0.29) is 17.7 Å². The van der Waals surface area contributed by atoms with Crippen LogP contribution in [0.25, 0.3) is 22.0 Å². The molecule has 3 heterocycles. The van der Waals surface area contributed by atoms with Crippen LogP contribution >= 0.6 is 11.6 Å². The molecule has 0 spiro atoms. The molecule has 1 aliphatic rings. The van der Waals surface area contributed by atoms with Crippen molar-refractivity contribution in [2.24, 2.45) is 10.2 Å². The number of aromatic nitrogens is 2. The fraction of sp³-hybridized carbons (Fsp3) is 0.176. The lowest BCUT2D eigenvalue weighted by Crippen LogP contribution is -2.28. The Kier molecular flexibility index (Phi) is 3.80. The molecule has 3 aromatic rings. The summed E-state index contributed by atoms with van der Waals surface area (Å²) < 4.78 is 39.8. The molecular weight excluding hydrogens is 369 g/mol. The maximum atomic E-state index is 13.0. The third-order valence-corrected chi connectivity index (χ3v) is 4.37. The van der Waals surface area contributed by atoms with Gasteiger partial charge in [-0.15, -0.1) is 5.11 Å². The van der Waals surface area contributed by atoms with Crippen LogP contribution in [-0.4, -0.2) is 15.7 Å². The van der Waals surface area contributed by atoms with Gasteiger partial charge in [-0.1, -0.05) is 23.7 Å². The van der Waals surface area contributed by atoms with Gasteiger partial charge in [0.2, 0.25) is 0 Å². The molecule has 0 bridgehead atoms. The van der Waals surface area contributed by atoms with Crippen LogP contribution in [0.5, 0.6) is 0 Å². The molecule has 1 aliphatic heterocycles. The van der Waals surface area contributed by atoms with Crippen molar-refractivity contribution in [2.45, 2.75) is 19.3 Å². The number of azo groups is 1. The molecule has 4 rings (SSSR count). The minimum Gasteiger partial charge on any atom is -0.297 e. The standard InChI is InChI=1S/C17H10ClF3N4O/c18-14-4-2-10(6-22-14)9-1-3-11-12-7-23-24-15(12)16(26)25(13(11)5-9)8-17(19,20)21/h1-6H,7-8H2. The van der Waals surface area contributed by atoms with E-state index in [1.165, 1.54) is 6.20 Å². The summed E-state index contributed by atoms with van der Waals surface area (Å²) in [6.07, 6.45) is -3.02. The average Bonchev–Trinajstić information content (AvgIpc) is 3.08. The number of alkyl halides is 3. The van der Waals surface area contributed by atoms with Gasteiger partial charge in [0.15, 0.2) is 5.69 Å². The molecule has 0 unspecified atom stereocenters. The molecule has 26 heavy (non-hydrogen) atoms. The third kappa shape index (κ3) is 2.86. The van der Waals surface area contributed by atoms with Gasteiger partial charge < -0.3 is 0 Å². The van der Waals surface area contributed by atoms with Crippen molar-refractivity contribution in [1.82, 2.24) is 9.55 Å². The number of pyridine rings is 2. The Labute approximate surface area is 149 Å². The predicted molar refractivity (Wildman–Crippen MR) is 90.7 cm³/mol. The molecule has 0 fully saturated rings. The number of hydrogen-bond donors (Lipinski definition) is 0. The van der Waals surface area contributed by atoms with Crippen LogP contribution in [0.2, 0.25) is 5.15 Å². The zero-order valence-corrected chi connectivity index (χ0v) is 13.8. The minimum atomic E-state index is -4.54. The SMILES string of the molecule is O=c1c2c(c3ccc(-c4ccc(Cl)nc4)cc3n1CC(F)(F)F)CN=N2. The van der Waals surface area contributed by atoms with E-state index < -0.39 is 18.3 Å². The number of hydrogen-bond acceptors (Lipinski definition) is 4. The van der Waals surface area contributed by atoms with Crippen molar-refractivity contribution in [3.05, 3.63) is 57.6 Å². The molecule has 1 aromatic carbocycles. The summed E-state index contributed by atoms with van der Waals surface area (Å²) in [4.78, 5) is 16.5. The summed E-state index contributed by atoms with van der Waals surface area (Å²) in [7, 11) is 0. The molecule has 0 aliphatic carbocycles. The normalized spacial score (nSPS) is 13.4. The Morgan fingerprint density at radius 2 is 1.92 bits per heavy atom. The van der Waals surface area contributed by atoms with E-state index in [1.54, 1.807) is 30.3 Å². The number of benzene rings is 1. The van der Waals surface area contributed by atoms with Crippen molar-refractivity contribution >= 4 is 28.2 Å². The minimum absolute atomic E-state index is 0.0253. The van der Waals surface area contributed by atoms with Crippen LogP contribution < -0.4 is 5.56 Å². The number of fused-ring (bicyclic) bond motifs is 3. The van der Waals surface area contributed by atoms with Crippen LogP contribution in [0.1, 0.15) is 5.56 Å². The third-order valence-electron chi connectivity index (χ3n) is 4.14. The second-order valence-corrected chi connectivity index (χ2v) is 6.22. The first-order valence-electron chi connectivity index (χ1n) is 7.59. The van der Waals surface area contributed by atoms with E-state index in [4.69, 9.17) is 11.6 Å². The highest BCUT2D eigenvalue weighted by molar-refractivity contribution is 6.29. The van der Waals surface area contributed by atoms with Crippen LogP contribution in [0.3, 0.4) is 0 Å². The summed E-state index contributed by atoms with van der Waals surface area (Å²) >= 11 is 5.77. The zero-order valence-electron chi connectivity index (χ0n) is 13.1. The molecule has 0 saturated carbocycles. The van der Waals surface area contributed by atoms with Crippen molar-refractivity contribution in [3.63, 3.8) is 0 Å². The number of rotatable bonds is 2. The molecule has 5 nitrogen and oxygen atoms in total. The van der Waals surface area contributed by atoms with E-state index in [9.17, 15) is 18.0 Å². The highest BCUT2D eigenvalue weighted by Crippen LogP contribution is 2.34. The van der Waals surface area contributed by atoms with Crippen LogP contribution in [-0.2, 0) is 13.1 Å². The predicted octanol–water partition coefficient (Wildman–Crippen LogP) is 4.88. The van der Waals surface area contributed by atoms with Gasteiger partial charge in [-0.05, 0) is 23.8 Å². The molecular formula is C17H10ClF3N4O. The van der Waals surface area contributed by atoms with Crippen molar-refractivity contribution < 1.29 is 13.2 Å². The molecule has 0 saturated heterocycles. The van der Waals surface area contributed by atoms with E-state index in [1.807, 2.05) is 0 Å². The Bertz CT molecular complexity index is 1100. The van der Waals surface area contributed by atoms with Crippen LogP contribution in [0.4, 0.5) is 18.9 Å². The second kappa shape index (κ2) is 5.91. The quantitative estimate of drug-likeness (QED) is 0.597. The highest BCUT2D eigenvalue weighted by atomic mass is 35.5. The lowest BCUT2D eigenvalue weighted by molar-refractivity contribution is -0.140. The maximum absolute atomic E-state index is 13.0. The van der Waals surface area contributed by atoms with E-state index in [0.717, 1.165) is 0 Å². The fourth-order valence-electron chi connectivity index (χ4n) is 3.01. The molecule has 9 heteroatoms. The Morgan fingerprint density at radius 3 is 2.62 bits per heavy atom. The Balaban J connectivity index is 1.99. The first kappa shape index (κ1) is 16.7. The summed E-state index contributed by atoms with van der Waals surface area (Å²) in [6, 6.07) is 8.28. The fourth-order valence-corrected chi connectivity index (χ4v) is 3.12. The lowest BCUT2D eigenvalue weighted by atomic mass is 10.0. The zero-order chi connectivity index (χ0) is 18.5. The van der Waals surface area contributed by atoms with Crippen molar-refractivity contribution in [2.75, 3.05) is 0 Å². The van der Waals surface area contributed by atoms with Gasteiger partial charge in [0.05, 0.1) is 12.1 Å². The first-order chi connectivity index (χ1) is 12.3. The van der Waals surface area contributed by atoms with Gasteiger partial charge in [0.1, 0.15) is 11.7 Å². The molecule has 0 N–H and O–H groups in total. The largest absolute Gasteiger partial charge is 0.406 e. The summed E-state index contributed by atoms with van der Waals surface area (Å²) in [5.41, 5.74) is 1.22. The van der Waals surface area contributed by atoms with Gasteiger partial charge in [-0.3, -0.25) is 9.36 Å². The van der Waals surface area contributed by atoms with Crippen molar-refractivity contribution in [3.8, 4) is 11.1 Å². The Hall–Kier alpha value is -2.74. The van der Waals surface area contributed by atoms with E-state index >= 15 is 0 Å². The van der Waals surface area contributed by atoms with Gasteiger partial charge in [0.25, 0.3) is 5.56 Å². The lowest BCUT2D eigenvalue weighted by Gasteiger charge is -2.15. The van der Waals surface area contributed by atoms with E-state index in [0.29, 0.717) is 31.8 Å². The smallest absolute Gasteiger partial charge is 0.297 e. The Morgan fingerprint density at radius 1 is 1.15 bits per heavy atom. The molecule has 132 valence electrons. The monoisotopic (exact) mass is 378 g/mol. The summed E-state index contributed by atoms with van der Waals surface area (Å²) in [5.74, 6) is 0. The van der Waals surface area contributed by atoms with Crippen LogP contribution in [0, 0.1) is 0 Å².